The van der Waals surface area contributed by atoms with Crippen molar-refractivity contribution in [3.8, 4) is 0 Å². The quantitative estimate of drug-likeness (QED) is 0.802. The molecule has 0 spiro atoms. The highest BCUT2D eigenvalue weighted by molar-refractivity contribution is 6.31. The van der Waals surface area contributed by atoms with Crippen LogP contribution in [0.5, 0.6) is 0 Å². The van der Waals surface area contributed by atoms with Gasteiger partial charge >= 0.3 is 0 Å². The SMILES string of the molecule is COCCN(c1ccc(C(C)O)c(Cl)c1)C(C)COC. The van der Waals surface area contributed by atoms with Gasteiger partial charge in [-0.2, -0.15) is 0 Å². The standard InChI is InChI=1S/C15H24ClNO3/c1-11(10-20-4)17(7-8-19-3)13-5-6-14(12(2)18)15(16)9-13/h5-6,9,11-12,18H,7-8,10H2,1-4H3. The van der Waals surface area contributed by atoms with E-state index in [9.17, 15) is 5.11 Å². The van der Waals surface area contributed by atoms with E-state index in [4.69, 9.17) is 21.1 Å². The number of nitrogens with zero attached hydrogens (tertiary/aromatic N) is 1. The second-order valence-electron chi connectivity index (χ2n) is 4.87. The van der Waals surface area contributed by atoms with E-state index in [2.05, 4.69) is 11.8 Å². The first kappa shape index (κ1) is 17.2. The highest BCUT2D eigenvalue weighted by atomic mass is 35.5. The summed E-state index contributed by atoms with van der Waals surface area (Å²) in [6, 6.07) is 5.92. The Kier molecular flexibility index (Phi) is 7.30. The van der Waals surface area contributed by atoms with Gasteiger partial charge in [-0.25, -0.2) is 0 Å². The molecule has 0 amide bonds. The molecule has 0 aliphatic rings. The van der Waals surface area contributed by atoms with Crippen LogP contribution < -0.4 is 4.90 Å². The van der Waals surface area contributed by atoms with Crippen molar-refractivity contribution in [1.82, 2.24) is 0 Å². The summed E-state index contributed by atoms with van der Waals surface area (Å²) in [4.78, 5) is 2.19. The summed E-state index contributed by atoms with van der Waals surface area (Å²) in [5, 5.41) is 10.2. The second kappa shape index (κ2) is 8.47. The Morgan fingerprint density at radius 1 is 1.25 bits per heavy atom. The number of ether oxygens (including phenoxy) is 2. The van der Waals surface area contributed by atoms with E-state index in [1.54, 1.807) is 21.1 Å². The molecule has 0 aliphatic carbocycles. The molecule has 1 aromatic carbocycles. The average molecular weight is 302 g/mol. The van der Waals surface area contributed by atoms with Crippen LogP contribution in [0.4, 0.5) is 5.69 Å². The molecular weight excluding hydrogens is 278 g/mol. The lowest BCUT2D eigenvalue weighted by Gasteiger charge is -2.31. The fourth-order valence-electron chi connectivity index (χ4n) is 2.16. The molecule has 114 valence electrons. The Labute approximate surface area is 126 Å². The number of rotatable bonds is 8. The largest absolute Gasteiger partial charge is 0.389 e. The molecule has 0 bridgehead atoms. The van der Waals surface area contributed by atoms with Crippen LogP contribution in [-0.4, -0.2) is 45.1 Å². The maximum atomic E-state index is 9.63. The molecule has 4 nitrogen and oxygen atoms in total. The van der Waals surface area contributed by atoms with Crippen molar-refractivity contribution in [1.29, 1.82) is 0 Å². The van der Waals surface area contributed by atoms with Crippen LogP contribution in [0.15, 0.2) is 18.2 Å². The number of aliphatic hydroxyl groups excluding tert-OH is 1. The van der Waals surface area contributed by atoms with Crippen LogP contribution in [0.25, 0.3) is 0 Å². The minimum atomic E-state index is -0.569. The van der Waals surface area contributed by atoms with Crippen LogP contribution in [0.1, 0.15) is 25.5 Å². The maximum absolute atomic E-state index is 9.63. The Hall–Kier alpha value is -0.810. The number of hydrogen-bond donors (Lipinski definition) is 1. The molecule has 0 heterocycles. The van der Waals surface area contributed by atoms with Gasteiger partial charge in [-0.15, -0.1) is 0 Å². The van der Waals surface area contributed by atoms with E-state index < -0.39 is 6.10 Å². The first-order valence-corrected chi connectivity index (χ1v) is 7.11. The van der Waals surface area contributed by atoms with Crippen LogP contribution >= 0.6 is 11.6 Å². The van der Waals surface area contributed by atoms with Crippen LogP contribution in [0, 0.1) is 0 Å². The van der Waals surface area contributed by atoms with E-state index in [0.29, 0.717) is 18.2 Å². The number of anilines is 1. The molecule has 0 fully saturated rings. The summed E-state index contributed by atoms with van der Waals surface area (Å²) in [7, 11) is 3.37. The molecule has 2 unspecified atom stereocenters. The first-order valence-electron chi connectivity index (χ1n) is 6.73. The topological polar surface area (TPSA) is 41.9 Å². The van der Waals surface area contributed by atoms with E-state index in [1.807, 2.05) is 18.2 Å². The summed E-state index contributed by atoms with van der Waals surface area (Å²) in [6.07, 6.45) is -0.569. The van der Waals surface area contributed by atoms with Gasteiger partial charge in [-0.05, 0) is 31.5 Å². The Morgan fingerprint density at radius 3 is 2.45 bits per heavy atom. The van der Waals surface area contributed by atoms with Crippen LogP contribution in [0.3, 0.4) is 0 Å². The third-order valence-electron chi connectivity index (χ3n) is 3.24. The lowest BCUT2D eigenvalue weighted by atomic mass is 10.1. The number of methoxy groups -OCH3 is 2. The molecule has 0 radical (unpaired) electrons. The van der Waals surface area contributed by atoms with Gasteiger partial charge in [0.05, 0.1) is 19.3 Å². The summed E-state index contributed by atoms with van der Waals surface area (Å²) in [5.74, 6) is 0. The predicted molar refractivity (Wildman–Crippen MR) is 82.6 cm³/mol. The molecule has 5 heteroatoms. The van der Waals surface area contributed by atoms with Crippen molar-refractivity contribution in [3.63, 3.8) is 0 Å². The molecule has 1 aromatic rings. The zero-order valence-electron chi connectivity index (χ0n) is 12.6. The minimum Gasteiger partial charge on any atom is -0.389 e. The van der Waals surface area contributed by atoms with Gasteiger partial charge in [0.1, 0.15) is 0 Å². The van der Waals surface area contributed by atoms with Gasteiger partial charge in [0.15, 0.2) is 0 Å². The van der Waals surface area contributed by atoms with Crippen LogP contribution in [0.2, 0.25) is 5.02 Å². The second-order valence-corrected chi connectivity index (χ2v) is 5.28. The molecule has 1 N–H and O–H groups in total. The van der Waals surface area contributed by atoms with Crippen LogP contribution in [-0.2, 0) is 9.47 Å². The Bertz CT molecular complexity index is 412. The van der Waals surface area contributed by atoms with Gasteiger partial charge in [0.2, 0.25) is 0 Å². The maximum Gasteiger partial charge on any atom is 0.0776 e. The first-order chi connectivity index (χ1) is 9.51. The van der Waals surface area contributed by atoms with Crippen molar-refractivity contribution >= 4 is 17.3 Å². The normalized spacial score (nSPS) is 14.1. The Morgan fingerprint density at radius 2 is 1.95 bits per heavy atom. The average Bonchev–Trinajstić information content (AvgIpc) is 2.39. The molecule has 0 saturated carbocycles. The molecule has 0 aromatic heterocycles. The molecule has 0 saturated heterocycles. The summed E-state index contributed by atoms with van der Waals surface area (Å²) in [6.45, 7) is 5.81. The zero-order valence-corrected chi connectivity index (χ0v) is 13.4. The molecule has 20 heavy (non-hydrogen) atoms. The third kappa shape index (κ3) is 4.63. The number of halogens is 1. The monoisotopic (exact) mass is 301 g/mol. The molecular formula is C15H24ClNO3. The smallest absolute Gasteiger partial charge is 0.0776 e. The fraction of sp³-hybridized carbons (Fsp3) is 0.600. The van der Waals surface area contributed by atoms with E-state index in [-0.39, 0.29) is 6.04 Å². The lowest BCUT2D eigenvalue weighted by molar-refractivity contribution is 0.171. The van der Waals surface area contributed by atoms with E-state index in [1.165, 1.54) is 0 Å². The minimum absolute atomic E-state index is 0.212. The molecule has 1 rings (SSSR count). The molecule has 0 aliphatic heterocycles. The lowest BCUT2D eigenvalue weighted by Crippen LogP contribution is -2.38. The predicted octanol–water partition coefficient (Wildman–Crippen LogP) is 2.88. The number of aliphatic hydroxyl groups is 1. The van der Waals surface area contributed by atoms with E-state index in [0.717, 1.165) is 17.8 Å². The highest BCUT2D eigenvalue weighted by Crippen LogP contribution is 2.28. The van der Waals surface area contributed by atoms with Gasteiger partial charge in [-0.1, -0.05) is 17.7 Å². The third-order valence-corrected chi connectivity index (χ3v) is 3.57. The fourth-order valence-corrected chi connectivity index (χ4v) is 2.49. The zero-order chi connectivity index (χ0) is 15.1. The molecule has 2 atom stereocenters. The van der Waals surface area contributed by atoms with Gasteiger partial charge < -0.3 is 19.5 Å². The Balaban J connectivity index is 2.97. The summed E-state index contributed by atoms with van der Waals surface area (Å²) >= 11 is 6.24. The van der Waals surface area contributed by atoms with Crippen molar-refractivity contribution < 1.29 is 14.6 Å². The number of hydrogen-bond acceptors (Lipinski definition) is 4. The highest BCUT2D eigenvalue weighted by Gasteiger charge is 2.16. The van der Waals surface area contributed by atoms with Gasteiger partial charge in [-0.3, -0.25) is 0 Å². The van der Waals surface area contributed by atoms with Crippen molar-refractivity contribution in [2.75, 3.05) is 38.9 Å². The summed E-state index contributed by atoms with van der Waals surface area (Å²) < 4.78 is 10.4. The van der Waals surface area contributed by atoms with Gasteiger partial charge in [0.25, 0.3) is 0 Å². The summed E-state index contributed by atoms with van der Waals surface area (Å²) in [5.41, 5.74) is 1.74. The van der Waals surface area contributed by atoms with Crippen molar-refractivity contribution in [2.45, 2.75) is 26.0 Å². The van der Waals surface area contributed by atoms with Crippen molar-refractivity contribution in [2.24, 2.45) is 0 Å². The van der Waals surface area contributed by atoms with Crippen molar-refractivity contribution in [3.05, 3.63) is 28.8 Å². The van der Waals surface area contributed by atoms with E-state index >= 15 is 0 Å². The van der Waals surface area contributed by atoms with Gasteiger partial charge in [0, 0.05) is 37.5 Å². The number of benzene rings is 1.